The lowest BCUT2D eigenvalue weighted by molar-refractivity contribution is -0.119. The van der Waals surface area contributed by atoms with Crippen LogP contribution in [0.3, 0.4) is 0 Å². The molecule has 0 bridgehead atoms. The van der Waals surface area contributed by atoms with E-state index in [1.807, 2.05) is 20.9 Å². The highest BCUT2D eigenvalue weighted by Crippen LogP contribution is 2.31. The van der Waals surface area contributed by atoms with Crippen molar-refractivity contribution in [3.63, 3.8) is 0 Å². The fourth-order valence-corrected chi connectivity index (χ4v) is 4.16. The van der Waals surface area contributed by atoms with Crippen LogP contribution in [-0.4, -0.2) is 58.5 Å². The first-order valence-corrected chi connectivity index (χ1v) is 10.4. The number of nitrogens with one attached hydrogen (secondary N) is 2. The molecule has 2 amide bonds. The third-order valence-electron chi connectivity index (χ3n) is 6.00. The number of likely N-dealkylation sites (tertiary alicyclic amines) is 1. The maximum Gasteiger partial charge on any atom is 0.262 e. The van der Waals surface area contributed by atoms with Gasteiger partial charge in [0, 0.05) is 18.5 Å². The van der Waals surface area contributed by atoms with E-state index in [0.717, 1.165) is 17.1 Å². The van der Waals surface area contributed by atoms with Crippen molar-refractivity contribution in [3.8, 4) is 5.75 Å². The molecule has 0 aliphatic carbocycles. The van der Waals surface area contributed by atoms with E-state index in [1.165, 1.54) is 0 Å². The van der Waals surface area contributed by atoms with E-state index in [9.17, 15) is 14.4 Å². The first kappa shape index (κ1) is 21.0. The number of hydrogen-bond donors (Lipinski definition) is 2. The molecule has 0 spiro atoms. The Kier molecular flexibility index (Phi) is 5.77. The number of aromatic nitrogens is 2. The number of ketones is 1. The summed E-state index contributed by atoms with van der Waals surface area (Å²) in [6.07, 6.45) is 1.38. The van der Waals surface area contributed by atoms with Gasteiger partial charge in [0.1, 0.15) is 5.75 Å². The number of nitrogens with zero attached hydrogens (tertiary/aromatic N) is 3. The number of ether oxygens (including phenoxy) is 1. The molecule has 2 N–H and O–H groups in total. The van der Waals surface area contributed by atoms with Crippen molar-refractivity contribution < 1.29 is 19.1 Å². The number of benzene rings is 1. The zero-order chi connectivity index (χ0) is 22.1. The van der Waals surface area contributed by atoms with Gasteiger partial charge in [0.15, 0.2) is 12.4 Å². The van der Waals surface area contributed by atoms with Gasteiger partial charge in [-0.1, -0.05) is 0 Å². The van der Waals surface area contributed by atoms with Gasteiger partial charge in [-0.15, -0.1) is 0 Å². The third-order valence-corrected chi connectivity index (χ3v) is 6.00. The van der Waals surface area contributed by atoms with Gasteiger partial charge in [-0.25, -0.2) is 0 Å². The minimum absolute atomic E-state index is 0.00769. The van der Waals surface area contributed by atoms with Crippen molar-refractivity contribution in [2.75, 3.05) is 36.9 Å². The van der Waals surface area contributed by atoms with Gasteiger partial charge in [0.25, 0.3) is 5.91 Å². The average molecular weight is 425 g/mol. The van der Waals surface area contributed by atoms with Crippen LogP contribution in [0.5, 0.6) is 5.75 Å². The Morgan fingerprint density at radius 3 is 2.68 bits per heavy atom. The van der Waals surface area contributed by atoms with Gasteiger partial charge >= 0.3 is 0 Å². The molecule has 1 saturated heterocycles. The molecule has 0 saturated carbocycles. The van der Waals surface area contributed by atoms with Crippen molar-refractivity contribution in [3.05, 3.63) is 35.2 Å². The molecule has 9 nitrogen and oxygen atoms in total. The molecule has 0 radical (unpaired) electrons. The minimum Gasteiger partial charge on any atom is -0.482 e. The predicted molar refractivity (Wildman–Crippen MR) is 115 cm³/mol. The van der Waals surface area contributed by atoms with Crippen LogP contribution in [0.4, 0.5) is 11.4 Å². The minimum atomic E-state index is -0.222. The van der Waals surface area contributed by atoms with E-state index in [2.05, 4.69) is 20.6 Å². The quantitative estimate of drug-likeness (QED) is 0.709. The molecule has 164 valence electrons. The largest absolute Gasteiger partial charge is 0.482 e. The molecule has 0 atom stereocenters. The van der Waals surface area contributed by atoms with Gasteiger partial charge in [-0.3, -0.25) is 24.0 Å². The molecular weight excluding hydrogens is 398 g/mol. The fourth-order valence-electron chi connectivity index (χ4n) is 4.16. The summed E-state index contributed by atoms with van der Waals surface area (Å²) in [5.41, 5.74) is 3.59. The highest BCUT2D eigenvalue weighted by Gasteiger charge is 2.28. The van der Waals surface area contributed by atoms with Crippen molar-refractivity contribution >= 4 is 29.0 Å². The topological polar surface area (TPSA) is 106 Å². The predicted octanol–water partition coefficient (Wildman–Crippen LogP) is 1.90. The normalized spacial score (nSPS) is 16.9. The van der Waals surface area contributed by atoms with Crippen LogP contribution in [0.1, 0.15) is 34.6 Å². The molecule has 4 rings (SSSR count). The Hall–Kier alpha value is -3.20. The Morgan fingerprint density at radius 2 is 2.00 bits per heavy atom. The fraction of sp³-hybridized carbons (Fsp3) is 0.455. The molecular formula is C22H27N5O4. The zero-order valence-corrected chi connectivity index (χ0v) is 18.0. The van der Waals surface area contributed by atoms with Crippen molar-refractivity contribution in [2.24, 2.45) is 13.0 Å². The molecule has 1 aromatic carbocycles. The summed E-state index contributed by atoms with van der Waals surface area (Å²) >= 11 is 0. The number of aryl methyl sites for hydroxylation is 2. The Labute approximate surface area is 180 Å². The molecule has 2 aliphatic heterocycles. The lowest BCUT2D eigenvalue weighted by atomic mass is 9.88. The number of carbonyl (C=O) groups excluding carboxylic acids is 3. The second kappa shape index (κ2) is 8.50. The van der Waals surface area contributed by atoms with Crippen molar-refractivity contribution in [1.29, 1.82) is 0 Å². The summed E-state index contributed by atoms with van der Waals surface area (Å²) in [5, 5.41) is 10.0. The Balaban J connectivity index is 1.31. The Bertz CT molecular complexity index is 1040. The average Bonchev–Trinajstić information content (AvgIpc) is 2.99. The number of hydrogen-bond acceptors (Lipinski definition) is 6. The van der Waals surface area contributed by atoms with Gasteiger partial charge < -0.3 is 15.4 Å². The molecule has 9 heteroatoms. The number of amides is 2. The van der Waals surface area contributed by atoms with Gasteiger partial charge in [0.2, 0.25) is 5.91 Å². The number of fused-ring (bicyclic) bond motifs is 1. The molecule has 0 unspecified atom stereocenters. The van der Waals surface area contributed by atoms with Crippen LogP contribution in [0.15, 0.2) is 18.2 Å². The van der Waals surface area contributed by atoms with Crippen LogP contribution in [0, 0.1) is 19.8 Å². The highest BCUT2D eigenvalue weighted by atomic mass is 16.5. The lowest BCUT2D eigenvalue weighted by Crippen LogP contribution is -2.40. The van der Waals surface area contributed by atoms with E-state index in [-0.39, 0.29) is 36.7 Å². The van der Waals surface area contributed by atoms with Crippen LogP contribution in [-0.2, 0) is 16.6 Å². The highest BCUT2D eigenvalue weighted by molar-refractivity contribution is 6.01. The first-order chi connectivity index (χ1) is 14.8. The maximum atomic E-state index is 13.0. The third kappa shape index (κ3) is 4.46. The standard InChI is InChI=1S/C22H27N5O4/c1-13-21(14(2)26(3)25-13)24-19(28)11-27-8-6-15(7-9-27)22(30)16-4-5-18-17(10-16)23-20(29)12-31-18/h4-5,10,15H,6-9,11-12H2,1-3H3,(H,23,29)(H,24,28). The molecule has 2 aromatic rings. The number of rotatable bonds is 5. The van der Waals surface area contributed by atoms with Gasteiger partial charge in [0.05, 0.1) is 29.3 Å². The van der Waals surface area contributed by atoms with Crippen molar-refractivity contribution in [2.45, 2.75) is 26.7 Å². The van der Waals surface area contributed by atoms with Crippen LogP contribution < -0.4 is 15.4 Å². The zero-order valence-electron chi connectivity index (χ0n) is 18.0. The number of anilines is 2. The summed E-state index contributed by atoms with van der Waals surface area (Å²) in [5.74, 6) is 0.250. The van der Waals surface area contributed by atoms with Crippen LogP contribution in [0.25, 0.3) is 0 Å². The SMILES string of the molecule is Cc1nn(C)c(C)c1NC(=O)CN1CCC(C(=O)c2ccc3c(c2)NC(=O)CO3)CC1. The van der Waals surface area contributed by atoms with Gasteiger partial charge in [-0.05, 0) is 58.0 Å². The number of Topliss-reactive ketones (excluding diaryl/α,β-unsaturated/α-hetero) is 1. The number of piperidine rings is 1. The summed E-state index contributed by atoms with van der Waals surface area (Å²) in [7, 11) is 1.85. The van der Waals surface area contributed by atoms with E-state index in [1.54, 1.807) is 22.9 Å². The Morgan fingerprint density at radius 1 is 1.26 bits per heavy atom. The summed E-state index contributed by atoms with van der Waals surface area (Å²) in [4.78, 5) is 39.0. The second-order valence-corrected chi connectivity index (χ2v) is 8.18. The summed E-state index contributed by atoms with van der Waals surface area (Å²) < 4.78 is 7.10. The van der Waals surface area contributed by atoms with E-state index in [4.69, 9.17) is 4.74 Å². The summed E-state index contributed by atoms with van der Waals surface area (Å²) in [6, 6.07) is 5.16. The second-order valence-electron chi connectivity index (χ2n) is 8.18. The van der Waals surface area contributed by atoms with Gasteiger partial charge in [-0.2, -0.15) is 5.10 Å². The van der Waals surface area contributed by atoms with Crippen molar-refractivity contribution in [1.82, 2.24) is 14.7 Å². The molecule has 3 heterocycles. The molecule has 1 aromatic heterocycles. The number of carbonyl (C=O) groups is 3. The van der Waals surface area contributed by atoms with E-state index in [0.29, 0.717) is 42.9 Å². The van der Waals surface area contributed by atoms with E-state index >= 15 is 0 Å². The van der Waals surface area contributed by atoms with Crippen LogP contribution >= 0.6 is 0 Å². The van der Waals surface area contributed by atoms with Crippen LogP contribution in [0.2, 0.25) is 0 Å². The molecule has 31 heavy (non-hydrogen) atoms. The lowest BCUT2D eigenvalue weighted by Gasteiger charge is -2.31. The summed E-state index contributed by atoms with van der Waals surface area (Å²) in [6.45, 7) is 5.44. The maximum absolute atomic E-state index is 13.0. The van der Waals surface area contributed by atoms with E-state index < -0.39 is 0 Å². The molecule has 1 fully saturated rings. The first-order valence-electron chi connectivity index (χ1n) is 10.4. The monoisotopic (exact) mass is 425 g/mol. The smallest absolute Gasteiger partial charge is 0.262 e. The molecule has 2 aliphatic rings.